The Morgan fingerprint density at radius 2 is 1.93 bits per heavy atom. The van der Waals surface area contributed by atoms with Gasteiger partial charge in [0.15, 0.2) is 5.58 Å². The highest BCUT2D eigenvalue weighted by molar-refractivity contribution is 9.11. The molecule has 0 radical (unpaired) electrons. The fraction of sp³-hybridized carbons (Fsp3) is 0.300. The normalized spacial score (nSPS) is 14.9. The highest BCUT2D eigenvalue weighted by Gasteiger charge is 2.19. The molecule has 7 nitrogen and oxygen atoms in total. The topological polar surface area (TPSA) is 88.3 Å². The minimum atomic E-state index is -0.711. The third kappa shape index (κ3) is 4.35. The van der Waals surface area contributed by atoms with E-state index >= 15 is 0 Å². The number of piperidine rings is 1. The molecule has 0 unspecified atom stereocenters. The van der Waals surface area contributed by atoms with Gasteiger partial charge in [0, 0.05) is 29.0 Å². The predicted molar refractivity (Wildman–Crippen MR) is 118 cm³/mol. The van der Waals surface area contributed by atoms with Crippen molar-refractivity contribution in [2.24, 2.45) is 5.92 Å². The largest absolute Gasteiger partial charge is 0.421 e. The van der Waals surface area contributed by atoms with Crippen molar-refractivity contribution in [3.05, 3.63) is 55.5 Å². The molecule has 1 aliphatic rings. The van der Waals surface area contributed by atoms with E-state index in [4.69, 9.17) is 4.42 Å². The Hall–Kier alpha value is -2.26. The molecular formula is C20H18Br2N4O3. The second-order valence-corrected chi connectivity index (χ2v) is 8.91. The number of carbonyl (C=O) groups is 1. The van der Waals surface area contributed by atoms with Crippen LogP contribution in [0.5, 0.6) is 0 Å². The summed E-state index contributed by atoms with van der Waals surface area (Å²) in [5.74, 6) is 1.24. The van der Waals surface area contributed by atoms with E-state index in [1.54, 1.807) is 18.2 Å². The Morgan fingerprint density at radius 3 is 2.69 bits per heavy atom. The zero-order valence-electron chi connectivity index (χ0n) is 15.6. The Labute approximate surface area is 183 Å². The number of halogens is 2. The molecule has 150 valence electrons. The van der Waals surface area contributed by atoms with Crippen LogP contribution in [0.3, 0.4) is 0 Å². The van der Waals surface area contributed by atoms with Crippen LogP contribution in [0, 0.1) is 5.92 Å². The van der Waals surface area contributed by atoms with E-state index in [0.717, 1.165) is 36.2 Å². The average Bonchev–Trinajstić information content (AvgIpc) is 2.69. The number of carbonyl (C=O) groups excluding carboxylic acids is 1. The summed E-state index contributed by atoms with van der Waals surface area (Å²) in [7, 11) is 0. The first-order valence-corrected chi connectivity index (χ1v) is 10.8. The lowest BCUT2D eigenvalue weighted by Gasteiger charge is -2.31. The Balaban J connectivity index is 1.59. The van der Waals surface area contributed by atoms with Gasteiger partial charge in [-0.25, -0.2) is 14.8 Å². The molecule has 29 heavy (non-hydrogen) atoms. The number of benzene rings is 1. The van der Waals surface area contributed by atoms with E-state index < -0.39 is 11.5 Å². The molecule has 1 aromatic carbocycles. The first-order valence-electron chi connectivity index (χ1n) is 9.22. The molecule has 3 heterocycles. The van der Waals surface area contributed by atoms with Gasteiger partial charge < -0.3 is 14.6 Å². The van der Waals surface area contributed by atoms with Crippen molar-refractivity contribution in [3.63, 3.8) is 0 Å². The van der Waals surface area contributed by atoms with Gasteiger partial charge in [-0.05, 0) is 52.9 Å². The first-order chi connectivity index (χ1) is 13.9. The van der Waals surface area contributed by atoms with Crippen molar-refractivity contribution in [1.29, 1.82) is 0 Å². The van der Waals surface area contributed by atoms with Crippen LogP contribution < -0.4 is 15.8 Å². The summed E-state index contributed by atoms with van der Waals surface area (Å²) in [6.07, 6.45) is 3.63. The molecular weight excluding hydrogens is 504 g/mol. The van der Waals surface area contributed by atoms with Gasteiger partial charge in [-0.1, -0.05) is 22.9 Å². The van der Waals surface area contributed by atoms with Crippen LogP contribution in [-0.4, -0.2) is 29.0 Å². The Kier molecular flexibility index (Phi) is 5.69. The smallest absolute Gasteiger partial charge is 0.349 e. The molecule has 0 saturated carbocycles. The van der Waals surface area contributed by atoms with Crippen molar-refractivity contribution in [3.8, 4) is 0 Å². The van der Waals surface area contributed by atoms with Gasteiger partial charge >= 0.3 is 5.63 Å². The molecule has 1 aliphatic heterocycles. The van der Waals surface area contributed by atoms with Crippen LogP contribution in [0.1, 0.15) is 30.1 Å². The van der Waals surface area contributed by atoms with Gasteiger partial charge in [0.05, 0.1) is 4.47 Å². The molecule has 3 aromatic rings. The monoisotopic (exact) mass is 520 g/mol. The van der Waals surface area contributed by atoms with Gasteiger partial charge in [-0.3, -0.25) is 4.79 Å². The van der Waals surface area contributed by atoms with Crippen LogP contribution >= 0.6 is 31.9 Å². The lowest BCUT2D eigenvalue weighted by molar-refractivity contribution is 0.102. The second-order valence-electron chi connectivity index (χ2n) is 7.14. The minimum absolute atomic E-state index is 0.0885. The van der Waals surface area contributed by atoms with E-state index in [0.29, 0.717) is 27.2 Å². The van der Waals surface area contributed by atoms with Crippen molar-refractivity contribution in [2.75, 3.05) is 23.3 Å². The zero-order valence-corrected chi connectivity index (χ0v) is 18.8. The summed E-state index contributed by atoms with van der Waals surface area (Å²) in [5.41, 5.74) is -0.412. The molecule has 0 atom stereocenters. The lowest BCUT2D eigenvalue weighted by atomic mass is 9.99. The summed E-state index contributed by atoms with van der Waals surface area (Å²) in [5, 5.41) is 3.31. The number of aromatic nitrogens is 2. The molecule has 0 aliphatic carbocycles. The Bertz CT molecular complexity index is 1140. The highest BCUT2D eigenvalue weighted by atomic mass is 79.9. The zero-order chi connectivity index (χ0) is 20.5. The average molecular weight is 522 g/mol. The summed E-state index contributed by atoms with van der Waals surface area (Å²) < 4.78 is 6.77. The van der Waals surface area contributed by atoms with Crippen LogP contribution in [0.25, 0.3) is 11.0 Å². The number of fused-ring (bicyclic) bond motifs is 1. The maximum Gasteiger partial charge on any atom is 0.349 e. The van der Waals surface area contributed by atoms with Crippen molar-refractivity contribution < 1.29 is 9.21 Å². The van der Waals surface area contributed by atoms with E-state index in [-0.39, 0.29) is 5.56 Å². The number of amides is 1. The maximum absolute atomic E-state index is 12.7. The van der Waals surface area contributed by atoms with Gasteiger partial charge in [0.2, 0.25) is 0 Å². The van der Waals surface area contributed by atoms with Crippen molar-refractivity contribution in [1.82, 2.24) is 9.97 Å². The maximum atomic E-state index is 12.7. The summed E-state index contributed by atoms with van der Waals surface area (Å²) >= 11 is 6.76. The molecule has 1 fully saturated rings. The summed E-state index contributed by atoms with van der Waals surface area (Å²) in [4.78, 5) is 35.7. The van der Waals surface area contributed by atoms with Gasteiger partial charge in [-0.15, -0.1) is 0 Å². The van der Waals surface area contributed by atoms with E-state index in [9.17, 15) is 9.59 Å². The SMILES string of the molecule is CC1CCN(c2cc(NC(=O)c3cc4cc(Br)cc(Br)c4oc3=O)ncn2)CC1. The number of hydrogen-bond donors (Lipinski definition) is 1. The van der Waals surface area contributed by atoms with Gasteiger partial charge in [-0.2, -0.15) is 0 Å². The first kappa shape index (κ1) is 20.0. The summed E-state index contributed by atoms with van der Waals surface area (Å²) in [6.45, 7) is 4.09. The van der Waals surface area contributed by atoms with Crippen LogP contribution in [0.15, 0.2) is 48.7 Å². The number of nitrogens with one attached hydrogen (secondary N) is 1. The third-order valence-electron chi connectivity index (χ3n) is 5.00. The van der Waals surface area contributed by atoms with E-state index in [2.05, 4.69) is 59.0 Å². The van der Waals surface area contributed by atoms with Crippen molar-refractivity contribution >= 4 is 60.4 Å². The quantitative estimate of drug-likeness (QED) is 0.507. The van der Waals surface area contributed by atoms with Crippen LogP contribution in [0.2, 0.25) is 0 Å². The standard InChI is InChI=1S/C20H18Br2N4O3/c1-11-2-4-26(5-3-11)17-9-16(23-10-24-17)25-19(27)14-7-12-6-13(21)8-15(22)18(12)29-20(14)28/h6-11H,2-5H2,1H3,(H,23,24,25,27). The minimum Gasteiger partial charge on any atom is -0.421 e. The fourth-order valence-electron chi connectivity index (χ4n) is 3.33. The van der Waals surface area contributed by atoms with E-state index in [1.807, 2.05) is 0 Å². The van der Waals surface area contributed by atoms with Crippen LogP contribution in [0.4, 0.5) is 11.6 Å². The third-order valence-corrected chi connectivity index (χ3v) is 6.04. The van der Waals surface area contributed by atoms with Gasteiger partial charge in [0.1, 0.15) is 23.5 Å². The predicted octanol–water partition coefficient (Wildman–Crippen LogP) is 4.60. The molecule has 4 rings (SSSR count). The summed E-state index contributed by atoms with van der Waals surface area (Å²) in [6, 6.07) is 6.79. The molecule has 0 bridgehead atoms. The second kappa shape index (κ2) is 8.23. The number of anilines is 2. The molecule has 1 amide bonds. The Morgan fingerprint density at radius 1 is 1.17 bits per heavy atom. The molecule has 9 heteroatoms. The molecule has 1 saturated heterocycles. The highest BCUT2D eigenvalue weighted by Crippen LogP contribution is 2.28. The number of rotatable bonds is 3. The number of nitrogens with zero attached hydrogens (tertiary/aromatic N) is 3. The lowest BCUT2D eigenvalue weighted by Crippen LogP contribution is -2.33. The van der Waals surface area contributed by atoms with Crippen molar-refractivity contribution in [2.45, 2.75) is 19.8 Å². The van der Waals surface area contributed by atoms with Crippen LogP contribution in [-0.2, 0) is 0 Å². The van der Waals surface area contributed by atoms with E-state index in [1.165, 1.54) is 12.4 Å². The van der Waals surface area contributed by atoms with Gasteiger partial charge in [0.25, 0.3) is 5.91 Å². The molecule has 1 N–H and O–H groups in total. The molecule has 2 aromatic heterocycles. The number of hydrogen-bond acceptors (Lipinski definition) is 6. The molecule has 0 spiro atoms. The fourth-order valence-corrected chi connectivity index (χ4v) is 4.66.